The van der Waals surface area contributed by atoms with Gasteiger partial charge in [-0.2, -0.15) is 11.8 Å². The predicted octanol–water partition coefficient (Wildman–Crippen LogP) is 1.24. The minimum atomic E-state index is -0.533. The van der Waals surface area contributed by atoms with Crippen LogP contribution < -0.4 is 5.32 Å². The summed E-state index contributed by atoms with van der Waals surface area (Å²) in [5.74, 6) is 0.812. The maximum atomic E-state index is 9.80. The van der Waals surface area contributed by atoms with Gasteiger partial charge in [-0.25, -0.2) is 0 Å². The Hall–Kier alpha value is 0.270. The normalized spacial score (nSPS) is 23.2. The van der Waals surface area contributed by atoms with Crippen molar-refractivity contribution in [3.05, 3.63) is 0 Å². The van der Waals surface area contributed by atoms with Crippen LogP contribution >= 0.6 is 11.8 Å². The zero-order chi connectivity index (χ0) is 9.03. The second-order valence-electron chi connectivity index (χ2n) is 3.94. The molecule has 0 saturated heterocycles. The standard InChI is InChI=1S/C9H19NOS/c1-9(11,7-12-2)6-10-8-4-3-5-8/h8,10-11H,3-7H2,1-2H3. The van der Waals surface area contributed by atoms with Gasteiger partial charge in [0.1, 0.15) is 0 Å². The molecule has 1 aliphatic carbocycles. The molecule has 0 radical (unpaired) electrons. The van der Waals surface area contributed by atoms with Crippen LogP contribution in [0, 0.1) is 0 Å². The highest BCUT2D eigenvalue weighted by Crippen LogP contribution is 2.19. The highest BCUT2D eigenvalue weighted by molar-refractivity contribution is 7.98. The molecule has 0 aromatic carbocycles. The van der Waals surface area contributed by atoms with E-state index in [0.29, 0.717) is 6.04 Å². The Labute approximate surface area is 79.1 Å². The number of rotatable bonds is 5. The quantitative estimate of drug-likeness (QED) is 0.682. The first-order valence-electron chi connectivity index (χ1n) is 4.59. The molecule has 0 aromatic heterocycles. The van der Waals surface area contributed by atoms with E-state index >= 15 is 0 Å². The number of nitrogens with one attached hydrogen (secondary N) is 1. The molecule has 0 spiro atoms. The van der Waals surface area contributed by atoms with Crippen molar-refractivity contribution in [2.45, 2.75) is 37.8 Å². The Morgan fingerprint density at radius 3 is 2.67 bits per heavy atom. The first kappa shape index (κ1) is 10.4. The van der Waals surface area contributed by atoms with Crippen LogP contribution in [-0.2, 0) is 0 Å². The van der Waals surface area contributed by atoms with E-state index < -0.39 is 5.60 Å². The highest BCUT2D eigenvalue weighted by atomic mass is 32.2. The highest BCUT2D eigenvalue weighted by Gasteiger charge is 2.23. The lowest BCUT2D eigenvalue weighted by Crippen LogP contribution is -2.46. The molecule has 72 valence electrons. The maximum Gasteiger partial charge on any atom is 0.0833 e. The van der Waals surface area contributed by atoms with Gasteiger partial charge >= 0.3 is 0 Å². The topological polar surface area (TPSA) is 32.3 Å². The lowest BCUT2D eigenvalue weighted by atomic mass is 9.92. The lowest BCUT2D eigenvalue weighted by Gasteiger charge is -2.31. The summed E-state index contributed by atoms with van der Waals surface area (Å²) in [6.07, 6.45) is 5.95. The van der Waals surface area contributed by atoms with Crippen LogP contribution in [0.2, 0.25) is 0 Å². The van der Waals surface area contributed by atoms with Crippen LogP contribution in [0.3, 0.4) is 0 Å². The second-order valence-corrected chi connectivity index (χ2v) is 4.80. The zero-order valence-electron chi connectivity index (χ0n) is 7.97. The van der Waals surface area contributed by atoms with Gasteiger partial charge in [-0.05, 0) is 26.0 Å². The van der Waals surface area contributed by atoms with Crippen LogP contribution in [0.15, 0.2) is 0 Å². The Morgan fingerprint density at radius 2 is 2.25 bits per heavy atom. The molecular weight excluding hydrogens is 170 g/mol. The van der Waals surface area contributed by atoms with Crippen LogP contribution in [0.25, 0.3) is 0 Å². The van der Waals surface area contributed by atoms with E-state index in [1.165, 1.54) is 19.3 Å². The molecule has 1 fully saturated rings. The first-order valence-corrected chi connectivity index (χ1v) is 5.98. The molecule has 0 heterocycles. The molecule has 1 saturated carbocycles. The molecule has 1 unspecified atom stereocenters. The van der Waals surface area contributed by atoms with Crippen LogP contribution in [0.1, 0.15) is 26.2 Å². The average Bonchev–Trinajstić information content (AvgIpc) is 1.82. The molecule has 1 rings (SSSR count). The zero-order valence-corrected chi connectivity index (χ0v) is 8.78. The van der Waals surface area contributed by atoms with Gasteiger partial charge in [-0.3, -0.25) is 0 Å². The summed E-state index contributed by atoms with van der Waals surface area (Å²) in [5, 5.41) is 13.2. The van der Waals surface area contributed by atoms with Gasteiger partial charge in [0.25, 0.3) is 0 Å². The Morgan fingerprint density at radius 1 is 1.58 bits per heavy atom. The summed E-state index contributed by atoms with van der Waals surface area (Å²) in [4.78, 5) is 0. The first-order chi connectivity index (χ1) is 5.64. The molecule has 0 aliphatic heterocycles. The number of aliphatic hydroxyl groups is 1. The van der Waals surface area contributed by atoms with E-state index in [0.717, 1.165) is 12.3 Å². The summed E-state index contributed by atoms with van der Waals surface area (Å²) < 4.78 is 0. The summed E-state index contributed by atoms with van der Waals surface area (Å²) in [5.41, 5.74) is -0.533. The molecule has 1 aliphatic rings. The summed E-state index contributed by atoms with van der Waals surface area (Å²) in [7, 11) is 0. The van der Waals surface area contributed by atoms with E-state index in [-0.39, 0.29) is 0 Å². The molecule has 0 amide bonds. The predicted molar refractivity (Wildman–Crippen MR) is 54.6 cm³/mol. The van der Waals surface area contributed by atoms with E-state index in [2.05, 4.69) is 5.32 Å². The van der Waals surface area contributed by atoms with Crippen molar-refractivity contribution in [3.8, 4) is 0 Å². The summed E-state index contributed by atoms with van der Waals surface area (Å²) >= 11 is 1.70. The van der Waals surface area contributed by atoms with Gasteiger partial charge in [0.05, 0.1) is 5.60 Å². The largest absolute Gasteiger partial charge is 0.388 e. The van der Waals surface area contributed by atoms with Crippen LogP contribution in [0.5, 0.6) is 0 Å². The van der Waals surface area contributed by atoms with E-state index in [9.17, 15) is 5.11 Å². The monoisotopic (exact) mass is 189 g/mol. The van der Waals surface area contributed by atoms with Crippen molar-refractivity contribution < 1.29 is 5.11 Å². The maximum absolute atomic E-state index is 9.80. The Kier molecular flexibility index (Phi) is 3.87. The Bertz CT molecular complexity index is 134. The molecule has 3 heteroatoms. The van der Waals surface area contributed by atoms with Crippen molar-refractivity contribution in [1.29, 1.82) is 0 Å². The van der Waals surface area contributed by atoms with Crippen molar-refractivity contribution >= 4 is 11.8 Å². The lowest BCUT2D eigenvalue weighted by molar-refractivity contribution is 0.0772. The molecule has 0 aromatic rings. The van der Waals surface area contributed by atoms with E-state index in [1.54, 1.807) is 11.8 Å². The molecule has 0 bridgehead atoms. The minimum Gasteiger partial charge on any atom is -0.388 e. The number of hydrogen-bond acceptors (Lipinski definition) is 3. The van der Waals surface area contributed by atoms with Gasteiger partial charge in [-0.15, -0.1) is 0 Å². The van der Waals surface area contributed by atoms with Crippen LogP contribution in [0.4, 0.5) is 0 Å². The van der Waals surface area contributed by atoms with Gasteiger partial charge in [0, 0.05) is 18.3 Å². The molecule has 12 heavy (non-hydrogen) atoms. The van der Waals surface area contributed by atoms with Gasteiger partial charge in [0.2, 0.25) is 0 Å². The van der Waals surface area contributed by atoms with Crippen molar-refractivity contribution in [2.75, 3.05) is 18.6 Å². The van der Waals surface area contributed by atoms with Crippen molar-refractivity contribution in [2.24, 2.45) is 0 Å². The van der Waals surface area contributed by atoms with Crippen LogP contribution in [-0.4, -0.2) is 35.3 Å². The smallest absolute Gasteiger partial charge is 0.0833 e. The minimum absolute atomic E-state index is 0.533. The third kappa shape index (κ3) is 3.33. The molecule has 2 N–H and O–H groups in total. The van der Waals surface area contributed by atoms with Gasteiger partial charge < -0.3 is 10.4 Å². The average molecular weight is 189 g/mol. The fraction of sp³-hybridized carbons (Fsp3) is 1.00. The third-order valence-electron chi connectivity index (χ3n) is 2.33. The Balaban J connectivity index is 2.10. The second kappa shape index (κ2) is 4.49. The fourth-order valence-electron chi connectivity index (χ4n) is 1.34. The summed E-state index contributed by atoms with van der Waals surface area (Å²) in [6.45, 7) is 2.63. The van der Waals surface area contributed by atoms with Gasteiger partial charge in [-0.1, -0.05) is 6.42 Å². The van der Waals surface area contributed by atoms with E-state index in [1.807, 2.05) is 13.2 Å². The van der Waals surface area contributed by atoms with Gasteiger partial charge in [0.15, 0.2) is 0 Å². The molecular formula is C9H19NOS. The fourth-order valence-corrected chi connectivity index (χ4v) is 2.06. The van der Waals surface area contributed by atoms with E-state index in [4.69, 9.17) is 0 Å². The SMILES string of the molecule is CSCC(C)(O)CNC1CCC1. The number of thioether (sulfide) groups is 1. The van der Waals surface area contributed by atoms with Crippen molar-refractivity contribution in [1.82, 2.24) is 5.32 Å². The molecule has 1 atom stereocenters. The van der Waals surface area contributed by atoms with Crippen molar-refractivity contribution in [3.63, 3.8) is 0 Å². The number of hydrogen-bond donors (Lipinski definition) is 2. The molecule has 2 nitrogen and oxygen atoms in total. The summed E-state index contributed by atoms with van der Waals surface area (Å²) in [6, 6.07) is 0.679. The third-order valence-corrected chi connectivity index (χ3v) is 3.24.